The van der Waals surface area contributed by atoms with Crippen molar-refractivity contribution in [3.05, 3.63) is 118 Å². The molecule has 1 fully saturated rings. The van der Waals surface area contributed by atoms with Gasteiger partial charge in [0.25, 0.3) is 5.56 Å². The zero-order valence-corrected chi connectivity index (χ0v) is 21.8. The van der Waals surface area contributed by atoms with Crippen LogP contribution in [0.5, 0.6) is 0 Å². The summed E-state index contributed by atoms with van der Waals surface area (Å²) in [5, 5.41) is 13.8. The molecule has 2 aromatic heterocycles. The van der Waals surface area contributed by atoms with Gasteiger partial charge < -0.3 is 9.88 Å². The van der Waals surface area contributed by atoms with Crippen molar-refractivity contribution in [2.24, 2.45) is 0 Å². The third-order valence-corrected chi connectivity index (χ3v) is 7.54. The van der Waals surface area contributed by atoms with Gasteiger partial charge in [-0.05, 0) is 70.6 Å². The minimum atomic E-state index is -0.417. The summed E-state index contributed by atoms with van der Waals surface area (Å²) in [6.07, 6.45) is 0.775. The average molecular weight is 524 g/mol. The topological polar surface area (TPSA) is 82.9 Å². The highest BCUT2D eigenvalue weighted by Crippen LogP contribution is 2.29. The minimum Gasteiger partial charge on any atom is -0.369 e. The van der Waals surface area contributed by atoms with Crippen molar-refractivity contribution in [3.63, 3.8) is 0 Å². The number of H-pyrrole nitrogens is 1. The van der Waals surface area contributed by atoms with Crippen LogP contribution in [0.15, 0.2) is 83.7 Å². The van der Waals surface area contributed by atoms with Crippen molar-refractivity contribution >= 4 is 16.6 Å². The number of hydrogen-bond donors (Lipinski definition) is 1. The summed E-state index contributed by atoms with van der Waals surface area (Å²) in [5.41, 5.74) is 4.53. The molecule has 3 heterocycles. The van der Waals surface area contributed by atoms with E-state index in [4.69, 9.17) is 0 Å². The lowest BCUT2D eigenvalue weighted by Crippen LogP contribution is -2.49. The molecule has 9 heteroatoms. The zero-order valence-electron chi connectivity index (χ0n) is 21.8. The first kappa shape index (κ1) is 24.9. The molecule has 1 aliphatic rings. The molecule has 39 heavy (non-hydrogen) atoms. The smallest absolute Gasteiger partial charge is 0.253 e. The van der Waals surface area contributed by atoms with Crippen LogP contribution in [0, 0.1) is 12.7 Å². The summed E-state index contributed by atoms with van der Waals surface area (Å²) in [7, 11) is 0. The van der Waals surface area contributed by atoms with Gasteiger partial charge in [-0.3, -0.25) is 9.69 Å². The van der Waals surface area contributed by atoms with E-state index in [9.17, 15) is 9.18 Å². The highest BCUT2D eigenvalue weighted by Gasteiger charge is 2.32. The summed E-state index contributed by atoms with van der Waals surface area (Å²) in [4.78, 5) is 21.2. The van der Waals surface area contributed by atoms with Crippen molar-refractivity contribution in [2.45, 2.75) is 25.9 Å². The number of para-hydroxylation sites is 1. The number of nitrogens with zero attached hydrogens (tertiary/aromatic N) is 6. The molecule has 0 bridgehead atoms. The Morgan fingerprint density at radius 1 is 0.949 bits per heavy atom. The van der Waals surface area contributed by atoms with Gasteiger partial charge in [0.2, 0.25) is 0 Å². The number of aryl methyl sites for hydroxylation is 3. The Morgan fingerprint density at radius 2 is 1.72 bits per heavy atom. The molecule has 0 spiro atoms. The van der Waals surface area contributed by atoms with E-state index in [1.54, 1.807) is 0 Å². The predicted molar refractivity (Wildman–Crippen MR) is 149 cm³/mol. The number of aromatic amines is 1. The molecule has 0 radical (unpaired) electrons. The van der Waals surface area contributed by atoms with Crippen LogP contribution in [0.2, 0.25) is 0 Å². The lowest BCUT2D eigenvalue weighted by Gasteiger charge is -2.39. The van der Waals surface area contributed by atoms with E-state index in [0.717, 1.165) is 41.7 Å². The molecule has 198 valence electrons. The summed E-state index contributed by atoms with van der Waals surface area (Å²) in [5.74, 6) is 0.407. The van der Waals surface area contributed by atoms with E-state index >= 15 is 0 Å². The number of nitrogens with one attached hydrogen (secondary N) is 1. The summed E-state index contributed by atoms with van der Waals surface area (Å²) < 4.78 is 15.3. The normalized spacial score (nSPS) is 15.1. The fraction of sp³-hybridized carbons (Fsp3) is 0.267. The van der Waals surface area contributed by atoms with Crippen molar-refractivity contribution < 1.29 is 4.39 Å². The van der Waals surface area contributed by atoms with Gasteiger partial charge in [0, 0.05) is 44.0 Å². The fourth-order valence-electron chi connectivity index (χ4n) is 5.44. The van der Waals surface area contributed by atoms with Crippen LogP contribution >= 0.6 is 0 Å². The molecule has 1 atom stereocenters. The maximum Gasteiger partial charge on any atom is 0.253 e. The van der Waals surface area contributed by atoms with Crippen LogP contribution in [0.1, 0.15) is 28.6 Å². The maximum absolute atomic E-state index is 13.6. The predicted octanol–water partition coefficient (Wildman–Crippen LogP) is 4.12. The quantitative estimate of drug-likeness (QED) is 0.346. The second-order valence-electron chi connectivity index (χ2n) is 9.99. The molecule has 5 aromatic rings. The van der Waals surface area contributed by atoms with Crippen LogP contribution in [0.3, 0.4) is 0 Å². The lowest BCUT2D eigenvalue weighted by atomic mass is 10.0. The largest absolute Gasteiger partial charge is 0.369 e. The lowest BCUT2D eigenvalue weighted by molar-refractivity contribution is 0.199. The number of pyridine rings is 1. The fourth-order valence-corrected chi connectivity index (χ4v) is 5.44. The van der Waals surface area contributed by atoms with E-state index in [1.807, 2.05) is 66.2 Å². The van der Waals surface area contributed by atoms with Gasteiger partial charge in [-0.15, -0.1) is 5.10 Å². The molecular weight excluding hydrogens is 493 g/mol. The standard InChI is InChI=1S/C30H30FN7O/c1-21-6-5-9-23-20-26(30(39)32-27(21)23)28(29-33-34-35-38(29)15-14-22-7-3-2-4-8-22)37-18-16-36(17-19-37)25-12-10-24(31)11-13-25/h2-13,20,28H,14-19H2,1H3,(H,32,39). The maximum atomic E-state index is 13.6. The number of rotatable bonds is 7. The Bertz CT molecular complexity index is 1620. The van der Waals surface area contributed by atoms with Crippen LogP contribution in [-0.2, 0) is 13.0 Å². The Labute approximate surface area is 225 Å². The Morgan fingerprint density at radius 3 is 2.49 bits per heavy atom. The van der Waals surface area contributed by atoms with Crippen molar-refractivity contribution in [2.75, 3.05) is 31.1 Å². The van der Waals surface area contributed by atoms with Gasteiger partial charge in [0.1, 0.15) is 11.9 Å². The van der Waals surface area contributed by atoms with Gasteiger partial charge in [-0.25, -0.2) is 9.07 Å². The number of fused-ring (bicyclic) bond motifs is 1. The summed E-state index contributed by atoms with van der Waals surface area (Å²) in [6, 6.07) is 24.4. The number of halogens is 1. The number of hydrogen-bond acceptors (Lipinski definition) is 6. The van der Waals surface area contributed by atoms with Crippen LogP contribution < -0.4 is 10.5 Å². The number of tetrazole rings is 1. The highest BCUT2D eigenvalue weighted by molar-refractivity contribution is 5.82. The van der Waals surface area contributed by atoms with Crippen LogP contribution in [0.4, 0.5) is 10.1 Å². The van der Waals surface area contributed by atoms with Gasteiger partial charge in [0.05, 0.1) is 5.52 Å². The van der Waals surface area contributed by atoms with E-state index in [1.165, 1.54) is 17.7 Å². The van der Waals surface area contributed by atoms with Crippen molar-refractivity contribution in [3.8, 4) is 0 Å². The van der Waals surface area contributed by atoms with Gasteiger partial charge >= 0.3 is 0 Å². The van der Waals surface area contributed by atoms with Gasteiger partial charge in [-0.2, -0.15) is 0 Å². The van der Waals surface area contributed by atoms with E-state index in [2.05, 4.69) is 42.4 Å². The number of aromatic nitrogens is 5. The molecule has 3 aromatic carbocycles. The van der Waals surface area contributed by atoms with Crippen molar-refractivity contribution in [1.82, 2.24) is 30.1 Å². The summed E-state index contributed by atoms with van der Waals surface area (Å²) >= 11 is 0. The monoisotopic (exact) mass is 523 g/mol. The molecule has 0 saturated carbocycles. The first-order chi connectivity index (χ1) is 19.1. The first-order valence-corrected chi connectivity index (χ1v) is 13.2. The molecular formula is C30H30FN7O. The summed E-state index contributed by atoms with van der Waals surface area (Å²) in [6.45, 7) is 5.45. The molecule has 6 rings (SSSR count). The molecule has 0 aliphatic carbocycles. The van der Waals surface area contributed by atoms with E-state index < -0.39 is 6.04 Å². The van der Waals surface area contributed by atoms with E-state index in [-0.39, 0.29) is 11.4 Å². The van der Waals surface area contributed by atoms with Crippen LogP contribution in [0.25, 0.3) is 10.9 Å². The minimum absolute atomic E-state index is 0.139. The highest BCUT2D eigenvalue weighted by atomic mass is 19.1. The molecule has 1 saturated heterocycles. The Hall–Kier alpha value is -4.37. The molecule has 1 aliphatic heterocycles. The number of anilines is 1. The molecule has 8 nitrogen and oxygen atoms in total. The molecule has 1 unspecified atom stereocenters. The molecule has 0 amide bonds. The third-order valence-electron chi connectivity index (χ3n) is 7.54. The zero-order chi connectivity index (χ0) is 26.8. The first-order valence-electron chi connectivity index (χ1n) is 13.2. The number of benzene rings is 3. The molecule has 1 N–H and O–H groups in total. The van der Waals surface area contributed by atoms with Crippen molar-refractivity contribution in [1.29, 1.82) is 0 Å². The Kier molecular flexibility index (Phi) is 6.89. The average Bonchev–Trinajstić information content (AvgIpc) is 3.42. The van der Waals surface area contributed by atoms with Crippen LogP contribution in [-0.4, -0.2) is 56.3 Å². The van der Waals surface area contributed by atoms with Gasteiger partial charge in [0.15, 0.2) is 5.82 Å². The number of piperazine rings is 1. The second kappa shape index (κ2) is 10.8. The SMILES string of the molecule is Cc1cccc2cc(C(c3nnnn3CCc3ccccc3)N3CCN(c4ccc(F)cc4)CC3)c(=O)[nH]c12. The van der Waals surface area contributed by atoms with E-state index in [0.29, 0.717) is 31.0 Å². The second-order valence-corrected chi connectivity index (χ2v) is 9.99. The van der Waals surface area contributed by atoms with Gasteiger partial charge in [-0.1, -0.05) is 48.5 Å². The Balaban J connectivity index is 1.35. The third kappa shape index (κ3) is 5.18.